The Morgan fingerprint density at radius 1 is 1.35 bits per heavy atom. The van der Waals surface area contributed by atoms with E-state index in [1.807, 2.05) is 36.0 Å². The van der Waals surface area contributed by atoms with E-state index < -0.39 is 0 Å². The fourth-order valence-electron chi connectivity index (χ4n) is 2.85. The van der Waals surface area contributed by atoms with E-state index >= 15 is 0 Å². The van der Waals surface area contributed by atoms with Gasteiger partial charge < -0.3 is 9.80 Å². The number of nitrogens with one attached hydrogen (secondary N) is 1. The van der Waals surface area contributed by atoms with E-state index in [0.29, 0.717) is 6.54 Å². The molecule has 120 valence electrons. The van der Waals surface area contributed by atoms with Crippen LogP contribution in [0.15, 0.2) is 35.3 Å². The molecule has 3 rings (SSSR count). The molecule has 2 aromatic rings. The van der Waals surface area contributed by atoms with E-state index in [-0.39, 0.29) is 23.2 Å². The number of hydrogen-bond donors (Lipinski definition) is 1. The van der Waals surface area contributed by atoms with E-state index in [1.54, 1.807) is 6.20 Å². The monoisotopic (exact) mass is 313 g/mol. The van der Waals surface area contributed by atoms with Crippen molar-refractivity contribution in [3.63, 3.8) is 0 Å². The average molecular weight is 313 g/mol. The molecule has 0 aromatic carbocycles. The summed E-state index contributed by atoms with van der Waals surface area (Å²) >= 11 is 0. The number of anilines is 1. The fraction of sp³-hybridized carbons (Fsp3) is 0.375. The molecule has 1 N–H and O–H groups in total. The Labute approximate surface area is 134 Å². The smallest absolute Gasteiger partial charge is 0.274 e. The van der Waals surface area contributed by atoms with E-state index in [2.05, 4.69) is 15.2 Å². The lowest BCUT2D eigenvalue weighted by atomic mass is 10.1. The molecule has 0 aliphatic carbocycles. The maximum atomic E-state index is 12.7. The molecular formula is C16H19N5O2. The lowest BCUT2D eigenvalue weighted by molar-refractivity contribution is 0.0728. The Hall–Kier alpha value is -2.70. The van der Waals surface area contributed by atoms with Gasteiger partial charge in [0, 0.05) is 32.9 Å². The first kappa shape index (κ1) is 15.2. The number of H-pyrrole nitrogens is 1. The largest absolute Gasteiger partial charge is 0.363 e. The summed E-state index contributed by atoms with van der Waals surface area (Å²) in [5.74, 6) is 0.705. The zero-order valence-corrected chi connectivity index (χ0v) is 13.2. The highest BCUT2D eigenvalue weighted by molar-refractivity contribution is 5.92. The summed E-state index contributed by atoms with van der Waals surface area (Å²) in [6.07, 6.45) is 3.62. The van der Waals surface area contributed by atoms with Crippen LogP contribution in [0, 0.1) is 0 Å². The third-order valence-electron chi connectivity index (χ3n) is 4.02. The van der Waals surface area contributed by atoms with Crippen molar-refractivity contribution in [3.8, 4) is 0 Å². The third kappa shape index (κ3) is 3.08. The molecule has 7 heteroatoms. The van der Waals surface area contributed by atoms with Gasteiger partial charge in [-0.1, -0.05) is 0 Å². The number of carbonyl (C=O) groups is 1. The second-order valence-corrected chi connectivity index (χ2v) is 5.80. The van der Waals surface area contributed by atoms with Gasteiger partial charge in [0.05, 0.1) is 6.04 Å². The second-order valence-electron chi connectivity index (χ2n) is 5.80. The Kier molecular flexibility index (Phi) is 4.10. The molecule has 1 aliphatic heterocycles. The molecule has 0 spiro atoms. The van der Waals surface area contributed by atoms with Gasteiger partial charge in [0.2, 0.25) is 0 Å². The molecule has 0 bridgehead atoms. The van der Waals surface area contributed by atoms with Crippen LogP contribution in [0.25, 0.3) is 0 Å². The zero-order valence-electron chi connectivity index (χ0n) is 13.2. The summed E-state index contributed by atoms with van der Waals surface area (Å²) in [4.78, 5) is 31.8. The maximum absolute atomic E-state index is 12.7. The number of likely N-dealkylation sites (tertiary alicyclic amines) is 1. The van der Waals surface area contributed by atoms with Crippen LogP contribution in [0.4, 0.5) is 5.82 Å². The van der Waals surface area contributed by atoms with Crippen molar-refractivity contribution in [1.82, 2.24) is 20.1 Å². The van der Waals surface area contributed by atoms with E-state index in [1.165, 1.54) is 12.1 Å². The number of nitrogens with zero attached hydrogens (tertiary/aromatic N) is 4. The third-order valence-corrected chi connectivity index (χ3v) is 4.02. The average Bonchev–Trinajstić information content (AvgIpc) is 3.04. The molecule has 23 heavy (non-hydrogen) atoms. The molecule has 1 atom stereocenters. The molecule has 1 amide bonds. The number of hydrogen-bond acceptors (Lipinski definition) is 5. The van der Waals surface area contributed by atoms with Gasteiger partial charge in [-0.2, -0.15) is 5.10 Å². The quantitative estimate of drug-likeness (QED) is 0.921. The van der Waals surface area contributed by atoms with Gasteiger partial charge in [-0.25, -0.2) is 10.1 Å². The lowest BCUT2D eigenvalue weighted by Crippen LogP contribution is -2.32. The highest BCUT2D eigenvalue weighted by atomic mass is 16.2. The first-order chi connectivity index (χ1) is 11.1. The minimum atomic E-state index is -0.315. The molecule has 1 aliphatic rings. The number of aromatic amines is 1. The predicted molar refractivity (Wildman–Crippen MR) is 86.4 cm³/mol. The number of amides is 1. The minimum Gasteiger partial charge on any atom is -0.363 e. The fourth-order valence-corrected chi connectivity index (χ4v) is 2.85. The van der Waals surface area contributed by atoms with Crippen molar-refractivity contribution in [3.05, 3.63) is 52.1 Å². The molecule has 3 heterocycles. The van der Waals surface area contributed by atoms with Crippen molar-refractivity contribution in [1.29, 1.82) is 0 Å². The minimum absolute atomic E-state index is 0.0120. The van der Waals surface area contributed by atoms with Gasteiger partial charge in [0.1, 0.15) is 11.5 Å². The van der Waals surface area contributed by atoms with E-state index in [9.17, 15) is 9.59 Å². The van der Waals surface area contributed by atoms with Crippen LogP contribution in [0.2, 0.25) is 0 Å². The second kappa shape index (κ2) is 6.20. The van der Waals surface area contributed by atoms with Crippen LogP contribution in [0.1, 0.15) is 34.9 Å². The summed E-state index contributed by atoms with van der Waals surface area (Å²) in [5, 5.41) is 6.16. The Bertz CT molecular complexity index is 751. The summed E-state index contributed by atoms with van der Waals surface area (Å²) in [6.45, 7) is 0.684. The molecule has 0 saturated carbocycles. The SMILES string of the molecule is CN(C)c1cc(C2CCCN2C(=O)c2ccc(=O)[nH]n2)ccn1. The Morgan fingerprint density at radius 2 is 2.17 bits per heavy atom. The van der Waals surface area contributed by atoms with Gasteiger partial charge in [-0.3, -0.25) is 9.59 Å². The van der Waals surface area contributed by atoms with Gasteiger partial charge >= 0.3 is 0 Å². The highest BCUT2D eigenvalue weighted by Gasteiger charge is 2.31. The van der Waals surface area contributed by atoms with E-state index in [4.69, 9.17) is 0 Å². The molecule has 0 radical (unpaired) electrons. The summed E-state index contributed by atoms with van der Waals surface area (Å²) < 4.78 is 0. The van der Waals surface area contributed by atoms with Crippen LogP contribution >= 0.6 is 0 Å². The van der Waals surface area contributed by atoms with Crippen molar-refractivity contribution < 1.29 is 4.79 Å². The van der Waals surface area contributed by atoms with Crippen molar-refractivity contribution in [2.24, 2.45) is 0 Å². The molecular weight excluding hydrogens is 294 g/mol. The van der Waals surface area contributed by atoms with Crippen LogP contribution in [-0.2, 0) is 0 Å². The molecule has 1 saturated heterocycles. The normalized spacial score (nSPS) is 17.3. The lowest BCUT2D eigenvalue weighted by Gasteiger charge is -2.25. The highest BCUT2D eigenvalue weighted by Crippen LogP contribution is 2.33. The van der Waals surface area contributed by atoms with Gasteiger partial charge in [-0.05, 0) is 36.6 Å². The van der Waals surface area contributed by atoms with Crippen LogP contribution < -0.4 is 10.5 Å². The van der Waals surface area contributed by atoms with Crippen molar-refractivity contribution >= 4 is 11.7 Å². The Balaban J connectivity index is 1.88. The number of aromatic nitrogens is 3. The van der Waals surface area contributed by atoms with Crippen LogP contribution in [-0.4, -0.2) is 46.6 Å². The van der Waals surface area contributed by atoms with Crippen LogP contribution in [0.5, 0.6) is 0 Å². The molecule has 1 fully saturated rings. The van der Waals surface area contributed by atoms with E-state index in [0.717, 1.165) is 24.2 Å². The first-order valence-electron chi connectivity index (χ1n) is 7.56. The summed E-state index contributed by atoms with van der Waals surface area (Å²) in [7, 11) is 3.88. The number of carbonyl (C=O) groups excluding carboxylic acids is 1. The predicted octanol–water partition coefficient (Wildman–Crippen LogP) is 1.21. The maximum Gasteiger partial charge on any atom is 0.274 e. The topological polar surface area (TPSA) is 82.2 Å². The van der Waals surface area contributed by atoms with Gasteiger partial charge in [-0.15, -0.1) is 0 Å². The van der Waals surface area contributed by atoms with Gasteiger partial charge in [0.15, 0.2) is 0 Å². The standard InChI is InChI=1S/C16H19N5O2/c1-20(2)14-10-11(7-8-17-14)13-4-3-9-21(13)16(23)12-5-6-15(22)19-18-12/h5-8,10,13H,3-4,9H2,1-2H3,(H,19,22). The van der Waals surface area contributed by atoms with Crippen molar-refractivity contribution in [2.75, 3.05) is 25.5 Å². The molecule has 1 unspecified atom stereocenters. The first-order valence-corrected chi connectivity index (χ1v) is 7.56. The van der Waals surface area contributed by atoms with Crippen molar-refractivity contribution in [2.45, 2.75) is 18.9 Å². The number of pyridine rings is 1. The Morgan fingerprint density at radius 3 is 2.87 bits per heavy atom. The number of rotatable bonds is 3. The summed E-state index contributed by atoms with van der Waals surface area (Å²) in [5.41, 5.74) is 1.02. The summed E-state index contributed by atoms with van der Waals surface area (Å²) in [6, 6.07) is 6.76. The zero-order chi connectivity index (χ0) is 16.4. The van der Waals surface area contributed by atoms with Gasteiger partial charge in [0.25, 0.3) is 11.5 Å². The molecule has 2 aromatic heterocycles. The molecule has 7 nitrogen and oxygen atoms in total. The van der Waals surface area contributed by atoms with Crippen LogP contribution in [0.3, 0.4) is 0 Å².